The van der Waals surface area contributed by atoms with E-state index in [1.807, 2.05) is 30.3 Å². The molecule has 0 saturated heterocycles. The third-order valence-electron chi connectivity index (χ3n) is 7.75. The summed E-state index contributed by atoms with van der Waals surface area (Å²) in [5, 5.41) is 33.1. The Labute approximate surface area is 265 Å². The number of sulfone groups is 1. The van der Waals surface area contributed by atoms with Gasteiger partial charge in [0.1, 0.15) is 11.8 Å². The Bertz CT molecular complexity index is 2060. The number of hydrogen-bond acceptors (Lipinski definition) is 9. The van der Waals surface area contributed by atoms with Crippen molar-refractivity contribution in [1.29, 1.82) is 10.5 Å². The van der Waals surface area contributed by atoms with Gasteiger partial charge in [0.15, 0.2) is 9.84 Å². The van der Waals surface area contributed by atoms with Crippen LogP contribution in [0.2, 0.25) is 0 Å². The molecule has 1 aromatic heterocycles. The highest BCUT2D eigenvalue weighted by Gasteiger charge is 2.38. The molecular formula is C32H30N8O5S. The molecule has 234 valence electrons. The van der Waals surface area contributed by atoms with Gasteiger partial charge in [-0.2, -0.15) is 15.6 Å². The summed E-state index contributed by atoms with van der Waals surface area (Å²) in [7, 11) is -2.20. The third kappa shape index (κ3) is 6.30. The molecular weight excluding hydrogens is 608 g/mol. The van der Waals surface area contributed by atoms with Gasteiger partial charge in [-0.25, -0.2) is 8.42 Å². The van der Waals surface area contributed by atoms with Crippen molar-refractivity contribution in [3.8, 4) is 23.3 Å². The molecule has 4 aromatic rings. The molecule has 46 heavy (non-hydrogen) atoms. The van der Waals surface area contributed by atoms with E-state index >= 15 is 0 Å². The molecule has 3 aromatic carbocycles. The molecule has 14 heteroatoms. The van der Waals surface area contributed by atoms with Crippen LogP contribution in [0.1, 0.15) is 23.7 Å². The fourth-order valence-electron chi connectivity index (χ4n) is 5.39. The van der Waals surface area contributed by atoms with Crippen molar-refractivity contribution in [3.63, 3.8) is 0 Å². The lowest BCUT2D eigenvalue weighted by atomic mass is 9.96. The molecule has 0 aliphatic carbocycles. The van der Waals surface area contributed by atoms with Gasteiger partial charge >= 0.3 is 0 Å². The van der Waals surface area contributed by atoms with Gasteiger partial charge in [0.05, 0.1) is 65.0 Å². The summed E-state index contributed by atoms with van der Waals surface area (Å²) in [5.41, 5.74) is 3.45. The first-order valence-electron chi connectivity index (χ1n) is 14.2. The highest BCUT2D eigenvalue weighted by molar-refractivity contribution is 7.91. The lowest BCUT2D eigenvalue weighted by Crippen LogP contribution is -2.56. The van der Waals surface area contributed by atoms with Crippen molar-refractivity contribution >= 4 is 49.8 Å². The topological polar surface area (TPSA) is 192 Å². The molecule has 0 bridgehead atoms. The standard InChI is InChI=1S/C32H30N8O5S/c1-19(35-2)31(42)36-26-17-39(29(41)18-46(3,44)45)28-13-20(14-33)11-12-27(28)40(32(26)43)16-25-30-23(9-6-10-24(30)37-38-25)22-8-5-4-7-21(22)15-34/h4-13,19,26,35H,16-18H2,1-3H3,(H,36,42)(H,37,38)/t19-,26-/m0/s1. The zero-order chi connectivity index (χ0) is 33.2. The summed E-state index contributed by atoms with van der Waals surface area (Å²) in [6.45, 7) is 1.12. The summed E-state index contributed by atoms with van der Waals surface area (Å²) in [6.07, 6.45) is 0.923. The van der Waals surface area contributed by atoms with E-state index in [9.17, 15) is 33.3 Å². The van der Waals surface area contributed by atoms with Crippen LogP contribution in [0.25, 0.3) is 22.0 Å². The zero-order valence-corrected chi connectivity index (χ0v) is 26.1. The van der Waals surface area contributed by atoms with Crippen molar-refractivity contribution in [2.24, 2.45) is 0 Å². The Hall–Kier alpha value is -5.57. The number of hydrogen-bond donors (Lipinski definition) is 3. The lowest BCUT2D eigenvalue weighted by Gasteiger charge is -2.26. The molecule has 0 unspecified atom stereocenters. The average molecular weight is 639 g/mol. The Morgan fingerprint density at radius 3 is 2.50 bits per heavy atom. The predicted octanol–water partition coefficient (Wildman–Crippen LogP) is 1.99. The molecule has 0 fully saturated rings. The maximum atomic E-state index is 14.4. The lowest BCUT2D eigenvalue weighted by molar-refractivity contribution is -0.128. The van der Waals surface area contributed by atoms with E-state index in [0.717, 1.165) is 11.2 Å². The van der Waals surface area contributed by atoms with Crippen LogP contribution >= 0.6 is 0 Å². The fourth-order valence-corrected chi connectivity index (χ4v) is 5.99. The number of benzene rings is 3. The van der Waals surface area contributed by atoms with E-state index < -0.39 is 45.4 Å². The number of anilines is 2. The Morgan fingerprint density at radius 2 is 1.80 bits per heavy atom. The van der Waals surface area contributed by atoms with Crippen molar-refractivity contribution < 1.29 is 22.8 Å². The average Bonchev–Trinajstić information content (AvgIpc) is 3.42. The maximum Gasteiger partial charge on any atom is 0.251 e. The van der Waals surface area contributed by atoms with E-state index in [1.54, 1.807) is 32.2 Å². The van der Waals surface area contributed by atoms with Crippen LogP contribution in [0.5, 0.6) is 0 Å². The number of nitrogens with one attached hydrogen (secondary N) is 3. The van der Waals surface area contributed by atoms with Gasteiger partial charge in [0, 0.05) is 17.2 Å². The van der Waals surface area contributed by atoms with Gasteiger partial charge in [0.25, 0.3) is 5.91 Å². The largest absolute Gasteiger partial charge is 0.341 e. The summed E-state index contributed by atoms with van der Waals surface area (Å²) < 4.78 is 24.3. The van der Waals surface area contributed by atoms with Crippen molar-refractivity contribution in [2.75, 3.05) is 35.4 Å². The zero-order valence-electron chi connectivity index (χ0n) is 25.2. The first-order chi connectivity index (χ1) is 21.9. The van der Waals surface area contributed by atoms with E-state index in [0.29, 0.717) is 33.3 Å². The van der Waals surface area contributed by atoms with Crippen LogP contribution in [0, 0.1) is 22.7 Å². The summed E-state index contributed by atoms with van der Waals surface area (Å²) in [4.78, 5) is 43.4. The quantitative estimate of drug-likeness (QED) is 0.259. The SMILES string of the molecule is CN[C@@H](C)C(=O)N[C@H]1CN(C(=O)CS(C)(=O)=O)c2cc(C#N)ccc2N(Cc2[nH]nc3cccc(-c4ccccc4C#N)c23)C1=O. The van der Waals surface area contributed by atoms with Crippen LogP contribution < -0.4 is 20.4 Å². The molecule has 5 rings (SSSR count). The van der Waals surface area contributed by atoms with E-state index in [-0.39, 0.29) is 30.0 Å². The highest BCUT2D eigenvalue weighted by atomic mass is 32.2. The number of rotatable bonds is 8. The number of nitriles is 2. The van der Waals surface area contributed by atoms with Crippen molar-refractivity contribution in [1.82, 2.24) is 20.8 Å². The fraction of sp³-hybridized carbons (Fsp3) is 0.250. The molecule has 0 saturated carbocycles. The second kappa shape index (κ2) is 12.8. The third-order valence-corrected chi connectivity index (χ3v) is 8.53. The first-order valence-corrected chi connectivity index (χ1v) is 16.3. The molecule has 2 heterocycles. The van der Waals surface area contributed by atoms with Gasteiger partial charge in [-0.15, -0.1) is 0 Å². The molecule has 0 spiro atoms. The van der Waals surface area contributed by atoms with Gasteiger partial charge in [-0.05, 0) is 49.9 Å². The van der Waals surface area contributed by atoms with Crippen LogP contribution in [0.3, 0.4) is 0 Å². The molecule has 0 radical (unpaired) electrons. The van der Waals surface area contributed by atoms with Crippen LogP contribution in [0.4, 0.5) is 11.4 Å². The summed E-state index contributed by atoms with van der Waals surface area (Å²) >= 11 is 0. The number of carbonyl (C=O) groups excluding carboxylic acids is 3. The van der Waals surface area contributed by atoms with Gasteiger partial charge < -0.3 is 20.4 Å². The van der Waals surface area contributed by atoms with Crippen LogP contribution in [0.15, 0.2) is 60.7 Å². The number of aromatic amines is 1. The second-order valence-electron chi connectivity index (χ2n) is 10.9. The van der Waals surface area contributed by atoms with E-state index in [4.69, 9.17) is 0 Å². The van der Waals surface area contributed by atoms with Crippen LogP contribution in [-0.2, 0) is 30.8 Å². The minimum Gasteiger partial charge on any atom is -0.341 e. The second-order valence-corrected chi connectivity index (χ2v) is 13.1. The molecule has 2 atom stereocenters. The predicted molar refractivity (Wildman–Crippen MR) is 171 cm³/mol. The van der Waals surface area contributed by atoms with E-state index in [2.05, 4.69) is 26.9 Å². The minimum atomic E-state index is -3.78. The number of amides is 3. The number of fused-ring (bicyclic) bond motifs is 2. The molecule has 1 aliphatic heterocycles. The summed E-state index contributed by atoms with van der Waals surface area (Å²) in [5.74, 6) is -2.76. The Kier molecular flexibility index (Phi) is 8.87. The maximum absolute atomic E-state index is 14.4. The smallest absolute Gasteiger partial charge is 0.251 e. The van der Waals surface area contributed by atoms with Gasteiger partial charge in [-0.3, -0.25) is 19.5 Å². The first kappa shape index (κ1) is 31.8. The molecule has 3 N–H and O–H groups in total. The number of H-pyrrole nitrogens is 1. The molecule has 3 amide bonds. The number of nitrogens with zero attached hydrogens (tertiary/aromatic N) is 5. The van der Waals surface area contributed by atoms with Crippen molar-refractivity contribution in [2.45, 2.75) is 25.6 Å². The number of carbonyl (C=O) groups is 3. The van der Waals surface area contributed by atoms with Gasteiger partial charge in [0.2, 0.25) is 11.8 Å². The van der Waals surface area contributed by atoms with Crippen molar-refractivity contribution in [3.05, 3.63) is 77.5 Å². The number of aromatic nitrogens is 2. The van der Waals surface area contributed by atoms with Gasteiger partial charge in [-0.1, -0.05) is 30.3 Å². The summed E-state index contributed by atoms with van der Waals surface area (Å²) in [6, 6.07) is 19.2. The van der Waals surface area contributed by atoms with Crippen LogP contribution in [-0.4, -0.2) is 74.0 Å². The Balaban J connectivity index is 1.69. The molecule has 13 nitrogen and oxygen atoms in total. The highest BCUT2D eigenvalue weighted by Crippen LogP contribution is 2.37. The molecule has 1 aliphatic rings. The minimum absolute atomic E-state index is 0.109. The monoisotopic (exact) mass is 638 g/mol. The normalized spacial score (nSPS) is 15.4. The van der Waals surface area contributed by atoms with E-state index in [1.165, 1.54) is 23.1 Å². The number of likely N-dealkylation sites (N-methyl/N-ethyl adjacent to an activating group) is 1. The Morgan fingerprint density at radius 1 is 1.07 bits per heavy atom.